The summed E-state index contributed by atoms with van der Waals surface area (Å²) in [7, 11) is 0. The van der Waals surface area contributed by atoms with Crippen LogP contribution in [0.3, 0.4) is 0 Å². The number of aromatic amines is 2. The predicted octanol–water partition coefficient (Wildman–Crippen LogP) is 5.84. The molecule has 0 unspecified atom stereocenters. The van der Waals surface area contributed by atoms with Gasteiger partial charge in [-0.3, -0.25) is 0 Å². The Bertz CT molecular complexity index is 1460. The van der Waals surface area contributed by atoms with Crippen molar-refractivity contribution in [3.63, 3.8) is 0 Å². The van der Waals surface area contributed by atoms with Crippen LogP contribution < -0.4 is 0 Å². The molecule has 0 atom stereocenters. The van der Waals surface area contributed by atoms with Gasteiger partial charge in [0, 0.05) is 43.1 Å². The Labute approximate surface area is 210 Å². The number of nitrogens with one attached hydrogen (secondary N) is 2. The topological polar surface area (TPSA) is 94.7 Å². The molecule has 5 heterocycles. The van der Waals surface area contributed by atoms with Crippen LogP contribution >= 0.6 is 0 Å². The Hall–Kier alpha value is -4.02. The van der Waals surface area contributed by atoms with Crippen molar-refractivity contribution in [1.82, 2.24) is 19.9 Å². The van der Waals surface area contributed by atoms with Gasteiger partial charge in [0.25, 0.3) is 0 Å². The van der Waals surface area contributed by atoms with Crippen LogP contribution in [0, 0.1) is 6.07 Å². The first-order valence-electron chi connectivity index (χ1n) is 10.3. The van der Waals surface area contributed by atoms with Crippen molar-refractivity contribution in [1.29, 1.82) is 0 Å². The van der Waals surface area contributed by atoms with E-state index in [1.807, 2.05) is 42.5 Å². The van der Waals surface area contributed by atoms with Gasteiger partial charge < -0.3 is 15.1 Å². The molecule has 6 rings (SSSR count). The number of nitrogens with zero attached hydrogens (tertiary/aromatic N) is 2. The van der Waals surface area contributed by atoms with Gasteiger partial charge in [0.15, 0.2) is 0 Å². The number of rotatable bonds is 1. The van der Waals surface area contributed by atoms with E-state index in [0.29, 0.717) is 5.56 Å². The fraction of sp³-hybridized carbons (Fsp3) is 0. The zero-order valence-corrected chi connectivity index (χ0v) is 20.1. The molecule has 1 aromatic carbocycles. The van der Waals surface area contributed by atoms with Gasteiger partial charge in [0.1, 0.15) is 0 Å². The van der Waals surface area contributed by atoms with Crippen LogP contribution in [0.15, 0.2) is 72.8 Å². The van der Waals surface area contributed by atoms with Crippen molar-refractivity contribution < 1.29 is 31.0 Å². The normalized spacial score (nSPS) is 11.3. The number of H-pyrrole nitrogens is 2. The van der Waals surface area contributed by atoms with E-state index < -0.39 is 5.97 Å². The van der Waals surface area contributed by atoms with Gasteiger partial charge in [-0.25, -0.2) is 14.8 Å². The van der Waals surface area contributed by atoms with Crippen LogP contribution in [0.25, 0.3) is 46.4 Å². The number of fused-ring (bicyclic) bond motifs is 8. The molecule has 7 heteroatoms. The van der Waals surface area contributed by atoms with Gasteiger partial charge in [0.05, 0.1) is 22.8 Å². The third-order valence-electron chi connectivity index (χ3n) is 5.01. The zero-order chi connectivity index (χ0) is 22.6. The minimum atomic E-state index is -0.899. The third kappa shape index (κ3) is 5.66. The molecule has 3 aromatic heterocycles. The summed E-state index contributed by atoms with van der Waals surface area (Å²) in [5.41, 5.74) is 8.16. The first-order valence-corrected chi connectivity index (χ1v) is 10.3. The molecular formula is C27H19N4O2Pt-. The first-order chi connectivity index (χ1) is 16.1. The number of carboxylic acids is 1. The monoisotopic (exact) mass is 626 g/mol. The van der Waals surface area contributed by atoms with Gasteiger partial charge in [0.2, 0.25) is 0 Å². The minimum absolute atomic E-state index is 0. The molecular weight excluding hydrogens is 607 g/mol. The second-order valence-electron chi connectivity index (χ2n) is 7.50. The van der Waals surface area contributed by atoms with Crippen LogP contribution in [-0.2, 0) is 21.1 Å². The van der Waals surface area contributed by atoms with E-state index in [0.717, 1.165) is 44.8 Å². The second-order valence-corrected chi connectivity index (χ2v) is 7.50. The maximum absolute atomic E-state index is 10.2. The van der Waals surface area contributed by atoms with Crippen LogP contribution in [0.5, 0.6) is 0 Å². The summed E-state index contributed by atoms with van der Waals surface area (Å²) in [6.45, 7) is 0. The summed E-state index contributed by atoms with van der Waals surface area (Å²) < 4.78 is 0. The van der Waals surface area contributed by atoms with Crippen LogP contribution in [0.1, 0.15) is 33.1 Å². The Morgan fingerprint density at radius 2 is 1.06 bits per heavy atom. The molecule has 3 N–H and O–H groups in total. The first kappa shape index (κ1) is 23.1. The van der Waals surface area contributed by atoms with Crippen LogP contribution in [-0.4, -0.2) is 31.0 Å². The molecule has 0 saturated heterocycles. The van der Waals surface area contributed by atoms with E-state index in [4.69, 9.17) is 5.11 Å². The van der Waals surface area contributed by atoms with Crippen molar-refractivity contribution >= 4 is 52.3 Å². The molecule has 0 saturated carbocycles. The quantitative estimate of drug-likeness (QED) is 0.200. The summed E-state index contributed by atoms with van der Waals surface area (Å²) in [5, 5.41) is 8.37. The number of carboxylic acid groups (broad SMARTS) is 1. The summed E-state index contributed by atoms with van der Waals surface area (Å²) in [6, 6.07) is 25.3. The average molecular weight is 627 g/mol. The van der Waals surface area contributed by atoms with E-state index in [1.165, 1.54) is 12.1 Å². The summed E-state index contributed by atoms with van der Waals surface area (Å²) in [6.07, 6.45) is 8.05. The van der Waals surface area contributed by atoms with E-state index in [1.54, 1.807) is 12.1 Å². The maximum atomic E-state index is 10.2. The molecule has 0 radical (unpaired) electrons. The molecule has 170 valence electrons. The molecule has 8 bridgehead atoms. The number of carbonyl (C=O) groups is 1. The molecule has 0 fully saturated rings. The van der Waals surface area contributed by atoms with Gasteiger partial charge >= 0.3 is 5.97 Å². The van der Waals surface area contributed by atoms with E-state index in [-0.39, 0.29) is 21.1 Å². The SMILES string of the molecule is C1=Cc2cc3ccc(cc4ccc(cc5nc(cc1n2)C=C5)[nH]4)[nH]3.O=C(O)c1cc[c-]cc1.[Pt]. The number of aromatic carboxylic acids is 1. The predicted molar refractivity (Wildman–Crippen MR) is 131 cm³/mol. The van der Waals surface area contributed by atoms with Gasteiger partial charge in [-0.05, 0) is 78.4 Å². The Morgan fingerprint density at radius 3 is 1.47 bits per heavy atom. The number of hydrogen-bond donors (Lipinski definition) is 3. The van der Waals surface area contributed by atoms with Crippen molar-refractivity contribution in [2.45, 2.75) is 0 Å². The second kappa shape index (κ2) is 10.3. The van der Waals surface area contributed by atoms with Gasteiger partial charge in [-0.2, -0.15) is 30.3 Å². The third-order valence-corrected chi connectivity index (χ3v) is 5.01. The van der Waals surface area contributed by atoms with Crippen molar-refractivity contribution in [2.75, 3.05) is 0 Å². The van der Waals surface area contributed by atoms with Gasteiger partial charge in [-0.1, -0.05) is 0 Å². The molecule has 2 aliphatic heterocycles. The van der Waals surface area contributed by atoms with E-state index >= 15 is 0 Å². The molecule has 0 amide bonds. The van der Waals surface area contributed by atoms with E-state index in [9.17, 15) is 4.79 Å². The summed E-state index contributed by atoms with van der Waals surface area (Å²) in [5.74, 6) is -0.899. The van der Waals surface area contributed by atoms with Crippen LogP contribution in [0.2, 0.25) is 0 Å². The largest absolute Gasteiger partial charge is 0.479 e. The molecule has 4 aromatic rings. The van der Waals surface area contributed by atoms with E-state index in [2.05, 4.69) is 56.3 Å². The summed E-state index contributed by atoms with van der Waals surface area (Å²) >= 11 is 0. The molecule has 6 nitrogen and oxygen atoms in total. The Kier molecular flexibility index (Phi) is 7.00. The molecule has 0 aliphatic carbocycles. The molecule has 2 aliphatic rings. The molecule has 0 spiro atoms. The number of hydrogen-bond acceptors (Lipinski definition) is 3. The zero-order valence-electron chi connectivity index (χ0n) is 17.8. The fourth-order valence-corrected chi connectivity index (χ4v) is 3.47. The molecule has 34 heavy (non-hydrogen) atoms. The maximum Gasteiger partial charge on any atom is 0.311 e. The number of benzene rings is 1. The average Bonchev–Trinajstić information content (AvgIpc) is 3.61. The minimum Gasteiger partial charge on any atom is -0.479 e. The fourth-order valence-electron chi connectivity index (χ4n) is 3.47. The van der Waals surface area contributed by atoms with Gasteiger partial charge in [-0.15, -0.1) is 0 Å². The van der Waals surface area contributed by atoms with Crippen molar-refractivity contribution in [3.05, 3.63) is 107 Å². The number of aromatic nitrogens is 4. The van der Waals surface area contributed by atoms with Crippen molar-refractivity contribution in [3.8, 4) is 0 Å². The Balaban J connectivity index is 0.000000234. The standard InChI is InChI=1S/C20H14N4.C7H5O2.Pt/c1-2-14-10-16-5-6-18(23-16)12-20-8-7-19(24-20)11-17-4-3-15(22-17)9-13(1)21-14;8-7(9)6-4-2-1-3-5-6;/h1-12,21-22H;2-5H,(H,8,9);/q;-1;. The Morgan fingerprint density at radius 1 is 0.647 bits per heavy atom. The van der Waals surface area contributed by atoms with Crippen LogP contribution in [0.4, 0.5) is 0 Å². The smallest absolute Gasteiger partial charge is 0.311 e. The summed E-state index contributed by atoms with van der Waals surface area (Å²) in [4.78, 5) is 26.2. The van der Waals surface area contributed by atoms with Crippen molar-refractivity contribution in [2.24, 2.45) is 0 Å².